The Hall–Kier alpha value is -1.48. The number of rotatable bonds is 3. The first-order valence-electron chi connectivity index (χ1n) is 6.26. The normalized spacial score (nSPS) is 16.1. The van der Waals surface area contributed by atoms with Crippen LogP contribution in [0.4, 0.5) is 18.3 Å². The van der Waals surface area contributed by atoms with E-state index in [1.165, 1.54) is 23.7 Å². The summed E-state index contributed by atoms with van der Waals surface area (Å²) in [6.45, 7) is 3.45. The van der Waals surface area contributed by atoms with E-state index in [1.807, 2.05) is 0 Å². The van der Waals surface area contributed by atoms with E-state index in [0.29, 0.717) is 10.7 Å². The number of halogens is 3. The van der Waals surface area contributed by atoms with Crippen LogP contribution in [0.2, 0.25) is 0 Å². The fraction of sp³-hybridized carbons (Fsp3) is 0.385. The summed E-state index contributed by atoms with van der Waals surface area (Å²) >= 11 is 1.27. The molecule has 2 aromatic heterocycles. The highest BCUT2D eigenvalue weighted by atomic mass is 32.2. The minimum atomic E-state index is -4.49. The number of hydrogen-bond acceptors (Lipinski definition) is 5. The quantitative estimate of drug-likeness (QED) is 0.827. The van der Waals surface area contributed by atoms with E-state index < -0.39 is 26.8 Å². The van der Waals surface area contributed by atoms with E-state index in [2.05, 4.69) is 14.3 Å². The van der Waals surface area contributed by atoms with Crippen LogP contribution in [0.3, 0.4) is 0 Å². The van der Waals surface area contributed by atoms with Crippen molar-refractivity contribution < 1.29 is 17.4 Å². The highest BCUT2D eigenvalue weighted by molar-refractivity contribution is 7.93. The maximum Gasteiger partial charge on any atom is 0.433 e. The van der Waals surface area contributed by atoms with Gasteiger partial charge in [-0.1, -0.05) is 6.07 Å². The molecule has 120 valence electrons. The fourth-order valence-corrected chi connectivity index (χ4v) is 3.98. The monoisotopic (exact) mass is 349 g/mol. The molecule has 22 heavy (non-hydrogen) atoms. The smallest absolute Gasteiger partial charge is 0.251 e. The van der Waals surface area contributed by atoms with Crippen LogP contribution in [-0.4, -0.2) is 20.4 Å². The first-order chi connectivity index (χ1) is 10.1. The van der Waals surface area contributed by atoms with Crippen LogP contribution in [-0.2, 0) is 15.9 Å². The molecule has 0 saturated heterocycles. The van der Waals surface area contributed by atoms with Crippen molar-refractivity contribution in [3.63, 3.8) is 0 Å². The minimum Gasteiger partial charge on any atom is -0.251 e. The molecule has 2 aromatic rings. The Balaban J connectivity index is 2.32. The Morgan fingerprint density at radius 3 is 2.50 bits per heavy atom. The molecule has 2 rings (SSSR count). The molecule has 0 saturated carbocycles. The topological polar surface area (TPSA) is 55.2 Å². The number of hydrogen-bond donors (Lipinski definition) is 0. The second-order valence-corrected chi connectivity index (χ2v) is 8.29. The average molecular weight is 349 g/mol. The minimum absolute atomic E-state index is 0.400. The van der Waals surface area contributed by atoms with E-state index in [-0.39, 0.29) is 0 Å². The van der Waals surface area contributed by atoms with Crippen molar-refractivity contribution in [3.8, 4) is 0 Å². The second-order valence-electron chi connectivity index (χ2n) is 4.84. The summed E-state index contributed by atoms with van der Waals surface area (Å²) in [6, 6.07) is 2.17. The van der Waals surface area contributed by atoms with Crippen LogP contribution in [0.1, 0.15) is 29.1 Å². The van der Waals surface area contributed by atoms with Gasteiger partial charge in [0.05, 0.1) is 20.7 Å². The van der Waals surface area contributed by atoms with E-state index >= 15 is 0 Å². The molecule has 0 spiro atoms. The Kier molecular flexibility index (Phi) is 4.57. The van der Waals surface area contributed by atoms with Crippen LogP contribution in [0.15, 0.2) is 28.1 Å². The molecule has 0 bridgehead atoms. The van der Waals surface area contributed by atoms with Crippen LogP contribution in [0.25, 0.3) is 0 Å². The van der Waals surface area contributed by atoms with Crippen molar-refractivity contribution in [2.75, 3.05) is 6.26 Å². The molecule has 0 N–H and O–H groups in total. The van der Waals surface area contributed by atoms with Gasteiger partial charge in [0.25, 0.3) is 0 Å². The van der Waals surface area contributed by atoms with Gasteiger partial charge in [-0.15, -0.1) is 11.3 Å². The number of alkyl halides is 3. The third-order valence-electron chi connectivity index (χ3n) is 3.07. The van der Waals surface area contributed by atoms with Crippen molar-refractivity contribution in [1.29, 1.82) is 0 Å². The maximum absolute atomic E-state index is 12.7. The van der Waals surface area contributed by atoms with Gasteiger partial charge in [0.1, 0.15) is 5.69 Å². The molecule has 0 aliphatic carbocycles. The highest BCUT2D eigenvalue weighted by Crippen LogP contribution is 2.31. The zero-order valence-corrected chi connectivity index (χ0v) is 13.7. The zero-order chi connectivity index (χ0) is 16.5. The zero-order valence-electron chi connectivity index (χ0n) is 12.1. The molecule has 0 aromatic carbocycles. The summed E-state index contributed by atoms with van der Waals surface area (Å²) in [5.74, 6) is 0. The first-order valence-corrected chi connectivity index (χ1v) is 9.12. The fourth-order valence-electron chi connectivity index (χ4n) is 1.68. The molecule has 9 heteroatoms. The first kappa shape index (κ1) is 16.9. The van der Waals surface area contributed by atoms with Crippen LogP contribution in [0, 0.1) is 6.92 Å². The third-order valence-corrected chi connectivity index (χ3v) is 6.16. The number of nitrogens with zero attached hydrogens (tertiary/aromatic N) is 3. The van der Waals surface area contributed by atoms with E-state index in [1.54, 1.807) is 19.2 Å². The summed E-state index contributed by atoms with van der Waals surface area (Å²) < 4.78 is 54.3. The van der Waals surface area contributed by atoms with Crippen molar-refractivity contribution >= 4 is 26.2 Å². The molecular weight excluding hydrogens is 335 g/mol. The van der Waals surface area contributed by atoms with Gasteiger partial charge in [-0.25, -0.2) is 9.19 Å². The SMILES string of the molecule is Cc1csc(N=S(C)(=O)C(C)c2ccc(C(F)(F)F)nc2)n1. The maximum atomic E-state index is 12.7. The lowest BCUT2D eigenvalue weighted by atomic mass is 10.2. The van der Waals surface area contributed by atoms with Gasteiger partial charge < -0.3 is 0 Å². The molecule has 0 radical (unpaired) electrons. The van der Waals surface area contributed by atoms with Gasteiger partial charge >= 0.3 is 6.18 Å². The van der Waals surface area contributed by atoms with E-state index in [4.69, 9.17) is 0 Å². The Labute approximate surface area is 130 Å². The van der Waals surface area contributed by atoms with E-state index in [0.717, 1.165) is 18.0 Å². The molecule has 4 nitrogen and oxygen atoms in total. The standard InChI is InChI=1S/C13H14F3N3OS2/c1-8-7-21-12(18-8)19-22(3,20)9(2)10-4-5-11(17-6-10)13(14,15)16/h4-7,9H,1-3H3. The molecule has 0 amide bonds. The molecule has 2 atom stereocenters. The van der Waals surface area contributed by atoms with Crippen LogP contribution in [0.5, 0.6) is 0 Å². The average Bonchev–Trinajstić information content (AvgIpc) is 2.81. The number of aromatic nitrogens is 2. The molecule has 0 fully saturated rings. The van der Waals surface area contributed by atoms with Gasteiger partial charge in [0.15, 0.2) is 0 Å². The summed E-state index contributed by atoms with van der Waals surface area (Å²) in [5, 5.41) is 1.63. The van der Waals surface area contributed by atoms with E-state index in [9.17, 15) is 17.4 Å². The number of pyridine rings is 1. The number of aryl methyl sites for hydroxylation is 1. The van der Waals surface area contributed by atoms with Crippen molar-refractivity contribution in [2.24, 2.45) is 4.36 Å². The lowest BCUT2D eigenvalue weighted by Gasteiger charge is -2.14. The predicted molar refractivity (Wildman–Crippen MR) is 80.7 cm³/mol. The Bertz CT molecular complexity index is 775. The third kappa shape index (κ3) is 3.83. The van der Waals surface area contributed by atoms with Crippen molar-refractivity contribution in [2.45, 2.75) is 25.3 Å². The molecule has 2 unspecified atom stereocenters. The largest absolute Gasteiger partial charge is 0.433 e. The summed E-state index contributed by atoms with van der Waals surface area (Å²) in [6.07, 6.45) is -1.93. The van der Waals surface area contributed by atoms with Crippen LogP contribution < -0.4 is 0 Å². The predicted octanol–water partition coefficient (Wildman–Crippen LogP) is 4.36. The van der Waals surface area contributed by atoms with Gasteiger partial charge in [-0.05, 0) is 25.5 Å². The lowest BCUT2D eigenvalue weighted by Crippen LogP contribution is -2.11. The highest BCUT2D eigenvalue weighted by Gasteiger charge is 2.32. The summed E-state index contributed by atoms with van der Waals surface area (Å²) in [4.78, 5) is 7.52. The summed E-state index contributed by atoms with van der Waals surface area (Å²) in [5.41, 5.74) is 0.249. The number of thiazole rings is 1. The molecular formula is C13H14F3N3OS2. The van der Waals surface area contributed by atoms with Crippen LogP contribution >= 0.6 is 11.3 Å². The lowest BCUT2D eigenvalue weighted by molar-refractivity contribution is -0.141. The van der Waals surface area contributed by atoms with Crippen molar-refractivity contribution in [1.82, 2.24) is 9.97 Å². The Morgan fingerprint density at radius 2 is 2.05 bits per heavy atom. The van der Waals surface area contributed by atoms with Crippen molar-refractivity contribution in [3.05, 3.63) is 40.7 Å². The Morgan fingerprint density at radius 1 is 1.36 bits per heavy atom. The second kappa shape index (κ2) is 5.96. The molecule has 0 aliphatic heterocycles. The van der Waals surface area contributed by atoms with Gasteiger partial charge in [-0.3, -0.25) is 4.98 Å². The van der Waals surface area contributed by atoms with Gasteiger partial charge in [-0.2, -0.15) is 17.5 Å². The summed E-state index contributed by atoms with van der Waals surface area (Å²) in [7, 11) is -2.70. The van der Waals surface area contributed by atoms with Gasteiger partial charge in [0.2, 0.25) is 5.13 Å². The van der Waals surface area contributed by atoms with Gasteiger partial charge in [0, 0.05) is 17.8 Å². The molecule has 2 heterocycles. The molecule has 0 aliphatic rings.